The van der Waals surface area contributed by atoms with Crippen molar-refractivity contribution in [3.63, 3.8) is 0 Å². The van der Waals surface area contributed by atoms with E-state index >= 15 is 0 Å². The molecule has 0 spiro atoms. The third-order valence-corrected chi connectivity index (χ3v) is 8.08. The molecule has 2 aromatic heterocycles. The number of thiophene rings is 2. The van der Waals surface area contributed by atoms with Crippen LogP contribution in [0.25, 0.3) is 0 Å². The summed E-state index contributed by atoms with van der Waals surface area (Å²) in [5.41, 5.74) is 1.12. The van der Waals surface area contributed by atoms with Crippen LogP contribution in [0.1, 0.15) is 30.7 Å². The van der Waals surface area contributed by atoms with Crippen LogP contribution in [-0.2, 0) is 27.1 Å². The first-order chi connectivity index (χ1) is 16.6. The van der Waals surface area contributed by atoms with E-state index in [0.717, 1.165) is 10.2 Å². The second-order valence-corrected chi connectivity index (χ2v) is 11.9. The molecule has 2 atom stereocenters. The zero-order valence-corrected chi connectivity index (χ0v) is 22.0. The second-order valence-electron chi connectivity index (χ2n) is 8.57. The highest BCUT2D eigenvalue weighted by atomic mass is 32.1. The van der Waals surface area contributed by atoms with E-state index in [1.165, 1.54) is 27.6 Å². The van der Waals surface area contributed by atoms with Gasteiger partial charge in [-0.15, -0.1) is 11.3 Å². The standard InChI is InChI=1S/C24H29N2O6PS2/c1-17(2)13-21(25(33(30,31)32)15-20-9-6-11-35-20)23(27)26(19-10-12-34-16-19)22(24(28)29)14-18-7-4-3-5-8-18/h3-12,16-17,21-22H,13-15H2,1-2H3,(H,28,29)(H2,30,31,32). The van der Waals surface area contributed by atoms with Gasteiger partial charge in [0.15, 0.2) is 0 Å². The lowest BCUT2D eigenvalue weighted by molar-refractivity contribution is -0.140. The van der Waals surface area contributed by atoms with Crippen LogP contribution in [0.15, 0.2) is 64.7 Å². The molecule has 35 heavy (non-hydrogen) atoms. The van der Waals surface area contributed by atoms with E-state index in [2.05, 4.69) is 0 Å². The number of rotatable bonds is 12. The highest BCUT2D eigenvalue weighted by Gasteiger charge is 2.43. The van der Waals surface area contributed by atoms with Gasteiger partial charge in [0.25, 0.3) is 0 Å². The molecular formula is C24H29N2O6PS2. The van der Waals surface area contributed by atoms with E-state index < -0.39 is 31.7 Å². The number of hydrogen-bond donors (Lipinski definition) is 3. The fourth-order valence-corrected chi connectivity index (χ4v) is 6.20. The number of aliphatic carboxylic acids is 1. The van der Waals surface area contributed by atoms with Crippen molar-refractivity contribution in [3.05, 3.63) is 75.1 Å². The number of carbonyl (C=O) groups is 2. The minimum absolute atomic E-state index is 0.0486. The van der Waals surface area contributed by atoms with Crippen LogP contribution >= 0.6 is 30.4 Å². The fraction of sp³-hybridized carbons (Fsp3) is 0.333. The van der Waals surface area contributed by atoms with Crippen molar-refractivity contribution in [1.29, 1.82) is 0 Å². The Hall–Kier alpha value is -2.33. The SMILES string of the molecule is CC(C)CC(C(=O)N(c1ccsc1)C(Cc1ccccc1)C(=O)O)N(Cc1cccs1)P(=O)(O)O. The Bertz CT molecular complexity index is 1130. The molecule has 2 heterocycles. The first-order valence-electron chi connectivity index (χ1n) is 11.0. The molecular weight excluding hydrogens is 507 g/mol. The number of carboxylic acids is 1. The maximum absolute atomic E-state index is 14.1. The number of carboxylic acid groups (broad SMARTS) is 1. The Morgan fingerprint density at radius 2 is 1.71 bits per heavy atom. The zero-order chi connectivity index (χ0) is 25.6. The Labute approximate surface area is 212 Å². The third-order valence-electron chi connectivity index (χ3n) is 5.46. The molecule has 0 bridgehead atoms. The summed E-state index contributed by atoms with van der Waals surface area (Å²) in [5.74, 6) is -1.93. The smallest absolute Gasteiger partial charge is 0.404 e. The first kappa shape index (κ1) is 27.3. The number of anilines is 1. The molecule has 11 heteroatoms. The predicted molar refractivity (Wildman–Crippen MR) is 139 cm³/mol. The lowest BCUT2D eigenvalue weighted by Crippen LogP contribution is -2.54. The number of nitrogens with zero attached hydrogens (tertiary/aromatic N) is 2. The Kier molecular flexibility index (Phi) is 9.40. The zero-order valence-electron chi connectivity index (χ0n) is 19.4. The van der Waals surface area contributed by atoms with Gasteiger partial charge in [-0.05, 0) is 40.8 Å². The Morgan fingerprint density at radius 1 is 1.00 bits per heavy atom. The van der Waals surface area contributed by atoms with E-state index in [-0.39, 0.29) is 25.3 Å². The van der Waals surface area contributed by atoms with Crippen LogP contribution < -0.4 is 4.90 Å². The minimum Gasteiger partial charge on any atom is -0.480 e. The van der Waals surface area contributed by atoms with Crippen LogP contribution in [-0.4, -0.2) is 43.5 Å². The van der Waals surface area contributed by atoms with Gasteiger partial charge in [0.2, 0.25) is 5.91 Å². The highest BCUT2D eigenvalue weighted by Crippen LogP contribution is 2.45. The van der Waals surface area contributed by atoms with Crippen LogP contribution in [0, 0.1) is 5.92 Å². The summed E-state index contributed by atoms with van der Waals surface area (Å²) in [7, 11) is -4.87. The van der Waals surface area contributed by atoms with Gasteiger partial charge in [-0.1, -0.05) is 50.2 Å². The van der Waals surface area contributed by atoms with Crippen LogP contribution in [0.2, 0.25) is 0 Å². The molecule has 2 unspecified atom stereocenters. The summed E-state index contributed by atoms with van der Waals surface area (Å²) >= 11 is 2.64. The molecule has 0 radical (unpaired) electrons. The molecule has 0 fully saturated rings. The molecule has 8 nitrogen and oxygen atoms in total. The van der Waals surface area contributed by atoms with Gasteiger partial charge in [0.1, 0.15) is 12.1 Å². The first-order valence-corrected chi connectivity index (χ1v) is 14.4. The van der Waals surface area contributed by atoms with E-state index in [0.29, 0.717) is 10.6 Å². The molecule has 3 aromatic rings. The number of benzene rings is 1. The van der Waals surface area contributed by atoms with Gasteiger partial charge in [-0.3, -0.25) is 9.69 Å². The number of hydrogen-bond acceptors (Lipinski definition) is 5. The summed E-state index contributed by atoms with van der Waals surface area (Å²) in [6, 6.07) is 11.7. The molecule has 3 N–H and O–H groups in total. The van der Waals surface area contributed by atoms with Crippen molar-refractivity contribution >= 4 is 48.0 Å². The third kappa shape index (κ3) is 7.33. The lowest BCUT2D eigenvalue weighted by Gasteiger charge is -2.37. The molecule has 3 rings (SSSR count). The average Bonchev–Trinajstić information content (AvgIpc) is 3.50. The summed E-state index contributed by atoms with van der Waals surface area (Å²) in [6.45, 7) is 3.59. The van der Waals surface area contributed by atoms with Crippen molar-refractivity contribution in [2.75, 3.05) is 4.90 Å². The maximum Gasteiger partial charge on any atom is 0.404 e. The van der Waals surface area contributed by atoms with Gasteiger partial charge in [0, 0.05) is 23.2 Å². The molecule has 0 aliphatic rings. The average molecular weight is 537 g/mol. The highest BCUT2D eigenvalue weighted by molar-refractivity contribution is 7.49. The monoisotopic (exact) mass is 536 g/mol. The summed E-state index contributed by atoms with van der Waals surface area (Å²) in [4.78, 5) is 49.0. The molecule has 0 aliphatic heterocycles. The van der Waals surface area contributed by atoms with Gasteiger partial charge >= 0.3 is 13.7 Å². The van der Waals surface area contributed by atoms with Crippen molar-refractivity contribution in [1.82, 2.24) is 4.67 Å². The largest absolute Gasteiger partial charge is 0.480 e. The maximum atomic E-state index is 14.1. The summed E-state index contributed by atoms with van der Waals surface area (Å²) < 4.78 is 13.5. The van der Waals surface area contributed by atoms with Crippen molar-refractivity contribution in [2.24, 2.45) is 5.92 Å². The molecule has 0 saturated carbocycles. The summed E-state index contributed by atoms with van der Waals surface area (Å²) in [6.07, 6.45) is 0.195. The van der Waals surface area contributed by atoms with E-state index in [1.54, 1.807) is 58.6 Å². The lowest BCUT2D eigenvalue weighted by atomic mass is 9.99. The van der Waals surface area contributed by atoms with E-state index in [4.69, 9.17) is 0 Å². The van der Waals surface area contributed by atoms with Crippen molar-refractivity contribution in [3.8, 4) is 0 Å². The van der Waals surface area contributed by atoms with Gasteiger partial charge in [-0.25, -0.2) is 9.36 Å². The molecule has 188 valence electrons. The molecule has 1 amide bonds. The van der Waals surface area contributed by atoms with E-state index in [9.17, 15) is 29.0 Å². The summed E-state index contributed by atoms with van der Waals surface area (Å²) in [5, 5.41) is 15.4. The van der Waals surface area contributed by atoms with Crippen LogP contribution in [0.5, 0.6) is 0 Å². The molecule has 0 aliphatic carbocycles. The van der Waals surface area contributed by atoms with Crippen LogP contribution in [0.3, 0.4) is 0 Å². The number of carbonyl (C=O) groups excluding carboxylic acids is 1. The fourth-order valence-electron chi connectivity index (χ4n) is 3.88. The molecule has 1 aromatic carbocycles. The normalized spacial score (nSPS) is 13.7. The van der Waals surface area contributed by atoms with E-state index in [1.807, 2.05) is 19.9 Å². The van der Waals surface area contributed by atoms with Gasteiger partial charge < -0.3 is 14.9 Å². The molecule has 0 saturated heterocycles. The topological polar surface area (TPSA) is 118 Å². The van der Waals surface area contributed by atoms with Crippen LogP contribution in [0.4, 0.5) is 5.69 Å². The Morgan fingerprint density at radius 3 is 2.23 bits per heavy atom. The number of amides is 1. The quantitative estimate of drug-likeness (QED) is 0.283. The predicted octanol–water partition coefficient (Wildman–Crippen LogP) is 4.85. The van der Waals surface area contributed by atoms with Crippen molar-refractivity contribution < 1.29 is 29.0 Å². The van der Waals surface area contributed by atoms with Gasteiger partial charge in [-0.2, -0.15) is 16.0 Å². The van der Waals surface area contributed by atoms with Gasteiger partial charge in [0.05, 0.1) is 5.69 Å². The minimum atomic E-state index is -4.87. The van der Waals surface area contributed by atoms with Crippen molar-refractivity contribution in [2.45, 2.75) is 45.3 Å². The second kappa shape index (κ2) is 12.1. The Balaban J connectivity index is 2.07.